The van der Waals surface area contributed by atoms with E-state index in [0.29, 0.717) is 5.75 Å². The van der Waals surface area contributed by atoms with E-state index in [1.807, 2.05) is 43.9 Å². The van der Waals surface area contributed by atoms with E-state index < -0.39 is 0 Å². The number of hydrogen-bond donors (Lipinski definition) is 1. The molecule has 164 valence electrons. The van der Waals surface area contributed by atoms with Crippen LogP contribution < -0.4 is 10.1 Å². The summed E-state index contributed by atoms with van der Waals surface area (Å²) in [5.74, 6) is 0.150. The van der Waals surface area contributed by atoms with Crippen LogP contribution in [0.1, 0.15) is 19.5 Å². The van der Waals surface area contributed by atoms with Gasteiger partial charge in [0.25, 0.3) is 0 Å². The number of benzene rings is 1. The maximum atomic E-state index is 14.1. The minimum Gasteiger partial charge on any atom is -0.490 e. The third-order valence-electron chi connectivity index (χ3n) is 5.40. The molecular weight excluding hydrogens is 407 g/mol. The second kappa shape index (κ2) is 8.20. The summed E-state index contributed by atoms with van der Waals surface area (Å²) in [5.41, 5.74) is 5.97. The molecule has 1 aliphatic heterocycles. The lowest BCUT2D eigenvalue weighted by Crippen LogP contribution is -2.28. The van der Waals surface area contributed by atoms with E-state index in [1.54, 1.807) is 16.9 Å². The van der Waals surface area contributed by atoms with E-state index in [4.69, 9.17) is 14.8 Å². The van der Waals surface area contributed by atoms with Crippen molar-refractivity contribution < 1.29 is 9.13 Å². The summed E-state index contributed by atoms with van der Waals surface area (Å²) in [7, 11) is 1.88. The summed E-state index contributed by atoms with van der Waals surface area (Å²) in [6, 6.07) is 10.6. The first-order valence-electron chi connectivity index (χ1n) is 10.7. The first kappa shape index (κ1) is 20.4. The number of halogens is 1. The molecule has 1 aromatic carbocycles. The summed E-state index contributed by atoms with van der Waals surface area (Å²) in [6.07, 6.45) is 3.63. The molecule has 0 atom stereocenters. The van der Waals surface area contributed by atoms with Crippen molar-refractivity contribution >= 4 is 0 Å². The maximum Gasteiger partial charge on any atom is 0.130 e. The van der Waals surface area contributed by atoms with Crippen molar-refractivity contribution in [1.82, 2.24) is 29.9 Å². The fourth-order valence-electron chi connectivity index (χ4n) is 3.96. The normalized spacial score (nSPS) is 13.4. The quantitative estimate of drug-likeness (QED) is 0.515. The number of rotatable bonds is 5. The zero-order chi connectivity index (χ0) is 22.2. The third kappa shape index (κ3) is 3.89. The lowest BCUT2D eigenvalue weighted by molar-refractivity contribution is 0.242. The zero-order valence-electron chi connectivity index (χ0n) is 18.3. The average Bonchev–Trinajstić information content (AvgIpc) is 3.39. The standard InChI is InChI=1S/C24H25FN6O/c1-15(2)32-23-10-17(25)4-5-19(23)20-6-7-21(16-12-27-30(3)14-16)28-24(20)22-11-18-13-26-8-9-31(18)29-22/h4-7,10-12,14-15,26H,8-9,13H2,1-3H3. The molecule has 5 rings (SSSR count). The molecule has 1 aliphatic rings. The van der Waals surface area contributed by atoms with Crippen molar-refractivity contribution in [3.63, 3.8) is 0 Å². The van der Waals surface area contributed by atoms with Gasteiger partial charge in [-0.1, -0.05) is 0 Å². The van der Waals surface area contributed by atoms with Crippen LogP contribution in [0, 0.1) is 5.82 Å². The Kier molecular flexibility index (Phi) is 5.22. The van der Waals surface area contributed by atoms with Gasteiger partial charge in [-0.2, -0.15) is 10.2 Å². The maximum absolute atomic E-state index is 14.1. The van der Waals surface area contributed by atoms with Gasteiger partial charge in [0.1, 0.15) is 17.3 Å². The predicted octanol–water partition coefficient (Wildman–Crippen LogP) is 4.04. The molecule has 0 fully saturated rings. The smallest absolute Gasteiger partial charge is 0.130 e. The predicted molar refractivity (Wildman–Crippen MR) is 121 cm³/mol. The fraction of sp³-hybridized carbons (Fsp3) is 0.292. The molecule has 3 aromatic heterocycles. The molecule has 0 spiro atoms. The molecule has 0 saturated carbocycles. The fourth-order valence-corrected chi connectivity index (χ4v) is 3.96. The first-order chi connectivity index (χ1) is 15.5. The molecule has 0 bridgehead atoms. The monoisotopic (exact) mass is 432 g/mol. The van der Waals surface area contributed by atoms with E-state index in [-0.39, 0.29) is 11.9 Å². The van der Waals surface area contributed by atoms with Crippen molar-refractivity contribution in [3.05, 3.63) is 60.3 Å². The lowest BCUT2D eigenvalue weighted by Gasteiger charge is -2.16. The van der Waals surface area contributed by atoms with Crippen LogP contribution in [-0.2, 0) is 20.1 Å². The van der Waals surface area contributed by atoms with Gasteiger partial charge in [0.15, 0.2) is 0 Å². The molecule has 0 saturated heterocycles. The molecule has 4 aromatic rings. The topological polar surface area (TPSA) is 69.8 Å². The van der Waals surface area contributed by atoms with Crippen molar-refractivity contribution in [3.8, 4) is 39.5 Å². The third-order valence-corrected chi connectivity index (χ3v) is 5.40. The largest absolute Gasteiger partial charge is 0.490 e. The van der Waals surface area contributed by atoms with Gasteiger partial charge in [-0.05, 0) is 44.2 Å². The van der Waals surface area contributed by atoms with Crippen molar-refractivity contribution in [1.29, 1.82) is 0 Å². The molecule has 1 N–H and O–H groups in total. The van der Waals surface area contributed by atoms with Crippen molar-refractivity contribution in [2.45, 2.75) is 33.0 Å². The Bertz CT molecular complexity index is 1250. The number of hydrogen-bond acceptors (Lipinski definition) is 5. The van der Waals surface area contributed by atoms with Crippen LogP contribution in [0.3, 0.4) is 0 Å². The van der Waals surface area contributed by atoms with Gasteiger partial charge in [0.05, 0.1) is 35.9 Å². The average molecular weight is 433 g/mol. The zero-order valence-corrected chi connectivity index (χ0v) is 18.3. The molecule has 0 radical (unpaired) electrons. The number of aromatic nitrogens is 5. The van der Waals surface area contributed by atoms with Crippen LogP contribution in [0.25, 0.3) is 33.8 Å². The summed E-state index contributed by atoms with van der Waals surface area (Å²) < 4.78 is 23.8. The van der Waals surface area contributed by atoms with Crippen LogP contribution in [0.2, 0.25) is 0 Å². The van der Waals surface area contributed by atoms with Crippen LogP contribution in [0.4, 0.5) is 4.39 Å². The number of nitrogens with one attached hydrogen (secondary N) is 1. The molecule has 0 amide bonds. The number of ether oxygens (including phenoxy) is 1. The minimum atomic E-state index is -0.339. The molecule has 0 aliphatic carbocycles. The lowest BCUT2D eigenvalue weighted by atomic mass is 9.99. The molecular formula is C24H25FN6O. The van der Waals surface area contributed by atoms with Gasteiger partial charge >= 0.3 is 0 Å². The second-order valence-electron chi connectivity index (χ2n) is 8.22. The highest BCUT2D eigenvalue weighted by Crippen LogP contribution is 2.38. The molecule has 32 heavy (non-hydrogen) atoms. The van der Waals surface area contributed by atoms with Crippen molar-refractivity contribution in [2.24, 2.45) is 7.05 Å². The van der Waals surface area contributed by atoms with Gasteiger partial charge < -0.3 is 10.1 Å². The summed E-state index contributed by atoms with van der Waals surface area (Å²) in [5, 5.41) is 12.5. The summed E-state index contributed by atoms with van der Waals surface area (Å²) in [4.78, 5) is 4.99. The van der Waals surface area contributed by atoms with Gasteiger partial charge in [-0.15, -0.1) is 0 Å². The van der Waals surface area contributed by atoms with Crippen LogP contribution in [0.5, 0.6) is 5.75 Å². The number of pyridine rings is 1. The Morgan fingerprint density at radius 2 is 1.94 bits per heavy atom. The SMILES string of the molecule is CC(C)Oc1cc(F)ccc1-c1ccc(-c2cnn(C)c2)nc1-c1cc2n(n1)CCNC2. The molecule has 4 heterocycles. The minimum absolute atomic E-state index is 0.0902. The summed E-state index contributed by atoms with van der Waals surface area (Å²) in [6.45, 7) is 6.31. The van der Waals surface area contributed by atoms with Gasteiger partial charge in [0.2, 0.25) is 0 Å². The van der Waals surface area contributed by atoms with E-state index in [9.17, 15) is 4.39 Å². The van der Waals surface area contributed by atoms with Gasteiger partial charge in [-0.25, -0.2) is 9.37 Å². The van der Waals surface area contributed by atoms with Crippen LogP contribution >= 0.6 is 0 Å². The first-order valence-corrected chi connectivity index (χ1v) is 10.7. The van der Waals surface area contributed by atoms with Gasteiger partial charge in [-0.3, -0.25) is 9.36 Å². The molecule has 0 unspecified atom stereocenters. The van der Waals surface area contributed by atoms with E-state index in [0.717, 1.165) is 59.1 Å². The Labute approximate surface area is 185 Å². The molecule has 8 heteroatoms. The van der Waals surface area contributed by atoms with Crippen LogP contribution in [0.15, 0.2) is 48.8 Å². The van der Waals surface area contributed by atoms with Gasteiger partial charge in [0, 0.05) is 49.1 Å². The van der Waals surface area contributed by atoms with E-state index in [2.05, 4.69) is 16.5 Å². The molecule has 7 nitrogen and oxygen atoms in total. The number of aryl methyl sites for hydroxylation is 1. The number of nitrogens with zero attached hydrogens (tertiary/aromatic N) is 5. The summed E-state index contributed by atoms with van der Waals surface area (Å²) >= 11 is 0. The Balaban J connectivity index is 1.70. The highest BCUT2D eigenvalue weighted by atomic mass is 19.1. The Morgan fingerprint density at radius 1 is 1.09 bits per heavy atom. The highest BCUT2D eigenvalue weighted by molar-refractivity contribution is 5.84. The Hall–Kier alpha value is -3.52. The number of fused-ring (bicyclic) bond motifs is 1. The Morgan fingerprint density at radius 3 is 2.69 bits per heavy atom. The van der Waals surface area contributed by atoms with Crippen molar-refractivity contribution in [2.75, 3.05) is 6.54 Å². The second-order valence-corrected chi connectivity index (χ2v) is 8.22. The highest BCUT2D eigenvalue weighted by Gasteiger charge is 2.21. The van der Waals surface area contributed by atoms with Crippen LogP contribution in [-0.4, -0.2) is 37.2 Å². The van der Waals surface area contributed by atoms with E-state index in [1.165, 1.54) is 12.1 Å². The van der Waals surface area contributed by atoms with E-state index >= 15 is 0 Å².